The van der Waals surface area contributed by atoms with Gasteiger partial charge in [0.2, 0.25) is 5.91 Å². The lowest BCUT2D eigenvalue weighted by Crippen LogP contribution is -2.42. The second-order valence-corrected chi connectivity index (χ2v) is 7.04. The maximum absolute atomic E-state index is 13.4. The number of fused-ring (bicyclic) bond motifs is 1. The third kappa shape index (κ3) is 3.67. The third-order valence-corrected chi connectivity index (χ3v) is 5.01. The van der Waals surface area contributed by atoms with Crippen LogP contribution < -0.4 is 15.0 Å². The molecule has 1 aliphatic rings. The first kappa shape index (κ1) is 19.4. The van der Waals surface area contributed by atoms with Crippen LogP contribution in [0.3, 0.4) is 0 Å². The highest BCUT2D eigenvalue weighted by atomic mass is 16.5. The van der Waals surface area contributed by atoms with E-state index < -0.39 is 0 Å². The summed E-state index contributed by atoms with van der Waals surface area (Å²) in [6.07, 6.45) is 0. The molecule has 1 N–H and O–H groups in total. The summed E-state index contributed by atoms with van der Waals surface area (Å²) in [7, 11) is 1.55. The van der Waals surface area contributed by atoms with Gasteiger partial charge in [0.15, 0.2) is 5.78 Å². The van der Waals surface area contributed by atoms with Crippen LogP contribution in [0, 0.1) is 0 Å². The number of Topliss-reactive ketones (excluding diaryl/α,β-unsaturated/α-hetero) is 1. The number of anilines is 2. The molecule has 0 saturated heterocycles. The molecule has 0 fully saturated rings. The minimum absolute atomic E-state index is 0.108. The fourth-order valence-corrected chi connectivity index (χ4v) is 3.48. The molecule has 0 saturated carbocycles. The zero-order valence-corrected chi connectivity index (χ0v) is 16.6. The number of benzene rings is 3. The summed E-state index contributed by atoms with van der Waals surface area (Å²) >= 11 is 0. The first-order valence-corrected chi connectivity index (χ1v) is 9.47. The van der Waals surface area contributed by atoms with E-state index in [1.54, 1.807) is 37.4 Å². The molecular weight excluding hydrogens is 380 g/mol. The Hall–Kier alpha value is -3.93. The van der Waals surface area contributed by atoms with Crippen molar-refractivity contribution in [2.45, 2.75) is 6.92 Å². The minimum Gasteiger partial charge on any atom is -0.497 e. The van der Waals surface area contributed by atoms with Crippen molar-refractivity contribution in [3.63, 3.8) is 0 Å². The summed E-state index contributed by atoms with van der Waals surface area (Å²) < 4.78 is 5.40. The molecule has 3 aromatic rings. The van der Waals surface area contributed by atoms with Gasteiger partial charge in [-0.05, 0) is 54.4 Å². The van der Waals surface area contributed by atoms with Gasteiger partial charge in [0.05, 0.1) is 18.5 Å². The van der Waals surface area contributed by atoms with E-state index in [-0.39, 0.29) is 24.1 Å². The van der Waals surface area contributed by atoms with E-state index in [9.17, 15) is 14.4 Å². The van der Waals surface area contributed by atoms with Crippen molar-refractivity contribution in [1.82, 2.24) is 0 Å². The predicted octanol–water partition coefficient (Wildman–Crippen LogP) is 4.16. The van der Waals surface area contributed by atoms with Crippen LogP contribution in [-0.2, 0) is 4.79 Å². The Balaban J connectivity index is 1.77. The maximum Gasteiger partial charge on any atom is 0.258 e. The molecule has 150 valence electrons. The molecule has 6 heteroatoms. The first-order valence-electron chi connectivity index (χ1n) is 9.47. The number of hydrogen-bond acceptors (Lipinski definition) is 4. The van der Waals surface area contributed by atoms with Gasteiger partial charge in [-0.1, -0.05) is 30.3 Å². The number of carbonyl (C=O) groups is 3. The topological polar surface area (TPSA) is 75.7 Å². The zero-order valence-electron chi connectivity index (χ0n) is 16.6. The summed E-state index contributed by atoms with van der Waals surface area (Å²) in [5, 5.41) is 2.74. The van der Waals surface area contributed by atoms with E-state index in [2.05, 4.69) is 5.32 Å². The van der Waals surface area contributed by atoms with Crippen LogP contribution in [0.15, 0.2) is 66.7 Å². The minimum atomic E-state index is -0.322. The quantitative estimate of drug-likeness (QED) is 0.667. The number of ketones is 1. The van der Waals surface area contributed by atoms with E-state index in [1.165, 1.54) is 11.8 Å². The monoisotopic (exact) mass is 400 g/mol. The predicted molar refractivity (Wildman–Crippen MR) is 115 cm³/mol. The van der Waals surface area contributed by atoms with Gasteiger partial charge < -0.3 is 10.1 Å². The number of amides is 2. The number of nitrogens with zero attached hydrogens (tertiary/aromatic N) is 1. The molecule has 0 atom stereocenters. The maximum atomic E-state index is 13.4. The molecule has 0 bridgehead atoms. The van der Waals surface area contributed by atoms with Crippen LogP contribution in [0.5, 0.6) is 5.75 Å². The van der Waals surface area contributed by atoms with Crippen molar-refractivity contribution in [3.05, 3.63) is 77.9 Å². The highest BCUT2D eigenvalue weighted by Gasteiger charge is 2.28. The lowest BCUT2D eigenvalue weighted by atomic mass is 10.0. The van der Waals surface area contributed by atoms with Gasteiger partial charge in [0.25, 0.3) is 5.91 Å². The van der Waals surface area contributed by atoms with E-state index in [0.717, 1.165) is 11.1 Å². The number of ether oxygens (including phenoxy) is 1. The van der Waals surface area contributed by atoms with E-state index in [4.69, 9.17) is 4.74 Å². The fraction of sp³-hybridized carbons (Fsp3) is 0.125. The standard InChI is InChI=1S/C24H20N2O4/c1-15(27)17-8-9-22-21(13-17)25-23(28)14-26(22)24(29)19-10-18(11-20(12-19)30-2)16-6-4-3-5-7-16/h3-13H,14H2,1-2H3,(H,25,28). The number of methoxy groups -OCH3 is 1. The fourth-order valence-electron chi connectivity index (χ4n) is 3.48. The average Bonchev–Trinajstić information content (AvgIpc) is 2.77. The van der Waals surface area contributed by atoms with Gasteiger partial charge in [0, 0.05) is 11.1 Å². The average molecular weight is 400 g/mol. The van der Waals surface area contributed by atoms with Crippen molar-refractivity contribution in [3.8, 4) is 16.9 Å². The van der Waals surface area contributed by atoms with Gasteiger partial charge in [-0.15, -0.1) is 0 Å². The Kier molecular flexibility index (Phi) is 5.06. The van der Waals surface area contributed by atoms with Gasteiger partial charge in [-0.2, -0.15) is 0 Å². The lowest BCUT2D eigenvalue weighted by Gasteiger charge is -2.29. The summed E-state index contributed by atoms with van der Waals surface area (Å²) in [6, 6.07) is 19.9. The molecule has 30 heavy (non-hydrogen) atoms. The zero-order chi connectivity index (χ0) is 21.3. The van der Waals surface area contributed by atoms with Crippen molar-refractivity contribution in [2.24, 2.45) is 0 Å². The highest BCUT2D eigenvalue weighted by molar-refractivity contribution is 6.16. The van der Waals surface area contributed by atoms with E-state index >= 15 is 0 Å². The normalized spacial score (nSPS) is 12.7. The van der Waals surface area contributed by atoms with E-state index in [1.807, 2.05) is 36.4 Å². The smallest absolute Gasteiger partial charge is 0.258 e. The molecule has 0 unspecified atom stereocenters. The largest absolute Gasteiger partial charge is 0.497 e. The Labute approximate surface area is 174 Å². The summed E-state index contributed by atoms with van der Waals surface area (Å²) in [4.78, 5) is 38.8. The molecule has 1 heterocycles. The van der Waals surface area contributed by atoms with Gasteiger partial charge >= 0.3 is 0 Å². The lowest BCUT2D eigenvalue weighted by molar-refractivity contribution is -0.115. The van der Waals surface area contributed by atoms with Crippen LogP contribution in [0.25, 0.3) is 11.1 Å². The van der Waals surface area contributed by atoms with Gasteiger partial charge in [-0.25, -0.2) is 0 Å². The summed E-state index contributed by atoms with van der Waals surface area (Å²) in [5.74, 6) is -0.204. The van der Waals surface area contributed by atoms with E-state index in [0.29, 0.717) is 28.3 Å². The Bertz CT molecular complexity index is 1160. The summed E-state index contributed by atoms with van der Waals surface area (Å²) in [5.41, 5.74) is 3.66. The number of nitrogens with one attached hydrogen (secondary N) is 1. The molecule has 0 radical (unpaired) electrons. The molecule has 0 aliphatic carbocycles. The second-order valence-electron chi connectivity index (χ2n) is 7.04. The van der Waals surface area contributed by atoms with Crippen LogP contribution in [-0.4, -0.2) is 31.3 Å². The molecule has 1 aliphatic heterocycles. The number of carbonyl (C=O) groups excluding carboxylic acids is 3. The number of rotatable bonds is 4. The summed E-state index contributed by atoms with van der Waals surface area (Å²) in [6.45, 7) is 1.35. The number of hydrogen-bond donors (Lipinski definition) is 1. The Morgan fingerprint density at radius 1 is 0.933 bits per heavy atom. The van der Waals surface area contributed by atoms with Crippen LogP contribution in [0.4, 0.5) is 11.4 Å². The molecule has 2 amide bonds. The third-order valence-electron chi connectivity index (χ3n) is 5.01. The molecular formula is C24H20N2O4. The molecule has 0 spiro atoms. The van der Waals surface area contributed by atoms with Crippen molar-refractivity contribution < 1.29 is 19.1 Å². The van der Waals surface area contributed by atoms with Crippen LogP contribution >= 0.6 is 0 Å². The van der Waals surface area contributed by atoms with Crippen molar-refractivity contribution >= 4 is 29.0 Å². The highest BCUT2D eigenvalue weighted by Crippen LogP contribution is 2.33. The molecule has 4 rings (SSSR count). The van der Waals surface area contributed by atoms with Crippen molar-refractivity contribution in [2.75, 3.05) is 23.9 Å². The first-order chi connectivity index (χ1) is 14.5. The van der Waals surface area contributed by atoms with Crippen molar-refractivity contribution in [1.29, 1.82) is 0 Å². The van der Waals surface area contributed by atoms with Gasteiger partial charge in [-0.3, -0.25) is 19.3 Å². The van der Waals surface area contributed by atoms with Crippen LogP contribution in [0.1, 0.15) is 27.6 Å². The SMILES string of the molecule is COc1cc(C(=O)N2CC(=O)Nc3cc(C(C)=O)ccc32)cc(-c2ccccc2)c1. The molecule has 6 nitrogen and oxygen atoms in total. The second kappa shape index (κ2) is 7.83. The van der Waals surface area contributed by atoms with Gasteiger partial charge in [0.1, 0.15) is 12.3 Å². The Morgan fingerprint density at radius 2 is 1.70 bits per heavy atom. The van der Waals surface area contributed by atoms with Crippen LogP contribution in [0.2, 0.25) is 0 Å². The molecule has 0 aromatic heterocycles. The molecule has 3 aromatic carbocycles. The Morgan fingerprint density at radius 3 is 2.40 bits per heavy atom.